The maximum Gasteiger partial charge on any atom is 0.250 e. The van der Waals surface area contributed by atoms with Gasteiger partial charge in [0.25, 0.3) is 0 Å². The molecule has 0 bridgehead atoms. The number of amides is 1. The third kappa shape index (κ3) is 2.85. The first-order valence-corrected chi connectivity index (χ1v) is 8.24. The molecule has 2 aliphatic heterocycles. The normalized spacial score (nSPS) is 21.3. The van der Waals surface area contributed by atoms with Crippen LogP contribution in [0.25, 0.3) is 0 Å². The Hall–Kier alpha value is -1.88. The van der Waals surface area contributed by atoms with Gasteiger partial charge in [0.1, 0.15) is 11.3 Å². The predicted octanol–water partition coefficient (Wildman–Crippen LogP) is 1.65. The van der Waals surface area contributed by atoms with E-state index in [9.17, 15) is 9.59 Å². The van der Waals surface area contributed by atoms with Gasteiger partial charge in [-0.3, -0.25) is 9.59 Å². The van der Waals surface area contributed by atoms with Gasteiger partial charge in [-0.25, -0.2) is 0 Å². The van der Waals surface area contributed by atoms with E-state index < -0.39 is 5.54 Å². The van der Waals surface area contributed by atoms with Crippen molar-refractivity contribution in [2.45, 2.75) is 32.2 Å². The molecule has 5 heteroatoms. The summed E-state index contributed by atoms with van der Waals surface area (Å²) in [6, 6.07) is 8.33. The molecule has 2 heterocycles. The van der Waals surface area contributed by atoms with E-state index in [1.165, 1.54) is 5.56 Å². The molecule has 3 rings (SSSR count). The summed E-state index contributed by atoms with van der Waals surface area (Å²) in [4.78, 5) is 30.8. The number of Topliss-reactive ketones (excluding diaryl/α,β-unsaturated/α-hetero) is 1. The van der Waals surface area contributed by atoms with Crippen molar-refractivity contribution in [1.82, 2.24) is 9.80 Å². The highest BCUT2D eigenvalue weighted by atomic mass is 16.2. The molecule has 124 valence electrons. The molecular formula is C18H25N3O2. The monoisotopic (exact) mass is 315 g/mol. The largest absolute Gasteiger partial charge is 0.339 e. The van der Waals surface area contributed by atoms with E-state index in [-0.39, 0.29) is 18.2 Å². The lowest BCUT2D eigenvalue weighted by atomic mass is 9.85. The molecule has 23 heavy (non-hydrogen) atoms. The van der Waals surface area contributed by atoms with Crippen LogP contribution in [0.1, 0.15) is 25.3 Å². The molecule has 1 amide bonds. The summed E-state index contributed by atoms with van der Waals surface area (Å²) >= 11 is 0. The summed E-state index contributed by atoms with van der Waals surface area (Å²) < 4.78 is 0. The van der Waals surface area contributed by atoms with Gasteiger partial charge >= 0.3 is 0 Å². The smallest absolute Gasteiger partial charge is 0.250 e. The van der Waals surface area contributed by atoms with Gasteiger partial charge in [0.15, 0.2) is 0 Å². The molecule has 2 aliphatic rings. The average molecular weight is 315 g/mol. The first-order valence-electron chi connectivity index (χ1n) is 8.24. The van der Waals surface area contributed by atoms with E-state index in [0.29, 0.717) is 6.67 Å². The minimum absolute atomic E-state index is 0.0344. The summed E-state index contributed by atoms with van der Waals surface area (Å²) in [6.07, 6.45) is 1.62. The Bertz CT molecular complexity index is 603. The van der Waals surface area contributed by atoms with Gasteiger partial charge in [-0.1, -0.05) is 17.7 Å². The third-order valence-corrected chi connectivity index (χ3v) is 5.09. The summed E-state index contributed by atoms with van der Waals surface area (Å²) in [5, 5.41) is 0. The highest BCUT2D eigenvalue weighted by Crippen LogP contribution is 2.39. The molecule has 0 radical (unpaired) electrons. The zero-order valence-corrected chi connectivity index (χ0v) is 14.2. The fraction of sp³-hybridized carbons (Fsp3) is 0.556. The Morgan fingerprint density at radius 1 is 1.17 bits per heavy atom. The second-order valence-electron chi connectivity index (χ2n) is 6.94. The van der Waals surface area contributed by atoms with Crippen molar-refractivity contribution in [2.75, 3.05) is 38.3 Å². The second kappa shape index (κ2) is 5.96. The number of carbonyl (C=O) groups excluding carboxylic acids is 2. The van der Waals surface area contributed by atoms with E-state index in [1.54, 1.807) is 11.8 Å². The topological polar surface area (TPSA) is 43.9 Å². The molecule has 1 aromatic rings. The summed E-state index contributed by atoms with van der Waals surface area (Å²) in [5.74, 6) is 0.147. The molecule has 0 aromatic heterocycles. The molecule has 2 saturated heterocycles. The van der Waals surface area contributed by atoms with E-state index in [1.807, 2.05) is 0 Å². The third-order valence-electron chi connectivity index (χ3n) is 5.09. The summed E-state index contributed by atoms with van der Waals surface area (Å²) in [6.45, 7) is 6.13. The second-order valence-corrected chi connectivity index (χ2v) is 6.94. The van der Waals surface area contributed by atoms with Crippen LogP contribution in [0.4, 0.5) is 5.69 Å². The lowest BCUT2D eigenvalue weighted by molar-refractivity contribution is -0.136. The highest BCUT2D eigenvalue weighted by Gasteiger charge is 2.53. The van der Waals surface area contributed by atoms with Gasteiger partial charge < -0.3 is 14.7 Å². The fourth-order valence-electron chi connectivity index (χ4n) is 3.70. The van der Waals surface area contributed by atoms with Crippen LogP contribution < -0.4 is 4.90 Å². The van der Waals surface area contributed by atoms with Crippen LogP contribution in [0.5, 0.6) is 0 Å². The van der Waals surface area contributed by atoms with Crippen molar-refractivity contribution in [1.29, 1.82) is 0 Å². The fourth-order valence-corrected chi connectivity index (χ4v) is 3.70. The molecule has 2 fully saturated rings. The number of likely N-dealkylation sites (tertiary alicyclic amines) is 1. The number of hydrogen-bond donors (Lipinski definition) is 0. The number of anilines is 1. The van der Waals surface area contributed by atoms with E-state index in [4.69, 9.17) is 0 Å². The first-order chi connectivity index (χ1) is 10.9. The lowest BCUT2D eigenvalue weighted by Crippen LogP contribution is -2.56. The van der Waals surface area contributed by atoms with Crippen LogP contribution in [0.15, 0.2) is 24.3 Å². The Morgan fingerprint density at radius 2 is 1.78 bits per heavy atom. The Kier molecular flexibility index (Phi) is 4.15. The molecule has 1 spiro atoms. The van der Waals surface area contributed by atoms with Gasteiger partial charge in [-0.05, 0) is 45.9 Å². The lowest BCUT2D eigenvalue weighted by Gasteiger charge is -2.42. The highest BCUT2D eigenvalue weighted by molar-refractivity contribution is 5.96. The van der Waals surface area contributed by atoms with Crippen molar-refractivity contribution in [3.05, 3.63) is 29.8 Å². The minimum atomic E-state index is -0.489. The number of ketones is 1. The number of carbonyl (C=O) groups is 2. The Labute approximate surface area is 137 Å². The number of nitrogens with zero attached hydrogens (tertiary/aromatic N) is 3. The van der Waals surface area contributed by atoms with Gasteiger partial charge in [0, 0.05) is 18.8 Å². The number of benzene rings is 1. The number of piperidine rings is 1. The number of rotatable bonds is 3. The number of aryl methyl sites for hydroxylation is 1. The summed E-state index contributed by atoms with van der Waals surface area (Å²) in [7, 11) is 2.09. The maximum absolute atomic E-state index is 13.1. The van der Waals surface area contributed by atoms with Crippen LogP contribution in [0.3, 0.4) is 0 Å². The molecule has 1 aromatic carbocycles. The van der Waals surface area contributed by atoms with Crippen molar-refractivity contribution < 1.29 is 9.59 Å². The van der Waals surface area contributed by atoms with Gasteiger partial charge in [0.05, 0.1) is 13.2 Å². The maximum atomic E-state index is 13.1. The molecule has 0 N–H and O–H groups in total. The van der Waals surface area contributed by atoms with Gasteiger partial charge in [-0.2, -0.15) is 0 Å². The predicted molar refractivity (Wildman–Crippen MR) is 90.4 cm³/mol. The van der Waals surface area contributed by atoms with E-state index >= 15 is 0 Å². The van der Waals surface area contributed by atoms with Crippen LogP contribution >= 0.6 is 0 Å². The van der Waals surface area contributed by atoms with Gasteiger partial charge in [0.2, 0.25) is 5.91 Å². The molecular weight excluding hydrogens is 290 g/mol. The van der Waals surface area contributed by atoms with Crippen LogP contribution in [0, 0.1) is 6.92 Å². The Balaban J connectivity index is 1.95. The standard InChI is InChI=1S/C18H25N3O2/c1-14-4-6-16(7-5-14)21-13-20(12-15(2)22)17(23)18(21)8-10-19(3)11-9-18/h4-7H,8-13H2,1-3H3. The zero-order valence-electron chi connectivity index (χ0n) is 14.2. The van der Waals surface area contributed by atoms with E-state index in [0.717, 1.165) is 31.6 Å². The van der Waals surface area contributed by atoms with Crippen molar-refractivity contribution in [3.8, 4) is 0 Å². The van der Waals surface area contributed by atoms with E-state index in [2.05, 4.69) is 48.0 Å². The summed E-state index contributed by atoms with van der Waals surface area (Å²) in [5.41, 5.74) is 1.79. The van der Waals surface area contributed by atoms with Crippen molar-refractivity contribution in [3.63, 3.8) is 0 Å². The van der Waals surface area contributed by atoms with Crippen molar-refractivity contribution in [2.24, 2.45) is 0 Å². The van der Waals surface area contributed by atoms with Crippen molar-refractivity contribution >= 4 is 17.4 Å². The van der Waals surface area contributed by atoms with Gasteiger partial charge in [-0.15, -0.1) is 0 Å². The molecule has 0 aliphatic carbocycles. The molecule has 0 unspecified atom stereocenters. The SMILES string of the molecule is CC(=O)CN1CN(c2ccc(C)cc2)C2(CCN(C)CC2)C1=O. The Morgan fingerprint density at radius 3 is 2.35 bits per heavy atom. The minimum Gasteiger partial charge on any atom is -0.339 e. The zero-order chi connectivity index (χ0) is 16.6. The first kappa shape index (κ1) is 16.0. The van der Waals surface area contributed by atoms with Crippen LogP contribution in [-0.4, -0.2) is 60.4 Å². The molecule has 5 nitrogen and oxygen atoms in total. The molecule has 0 atom stereocenters. The molecule has 0 saturated carbocycles. The van der Waals surface area contributed by atoms with Crippen LogP contribution in [0.2, 0.25) is 0 Å². The quantitative estimate of drug-likeness (QED) is 0.851. The average Bonchev–Trinajstić information content (AvgIpc) is 2.77. The number of hydrogen-bond acceptors (Lipinski definition) is 4. The van der Waals surface area contributed by atoms with Crippen LogP contribution in [-0.2, 0) is 9.59 Å².